The van der Waals surface area contributed by atoms with Gasteiger partial charge >= 0.3 is 6.18 Å². The Kier molecular flexibility index (Phi) is 6.21. The number of morpholine rings is 1. The number of hydrogen-bond donors (Lipinski definition) is 1. The van der Waals surface area contributed by atoms with Crippen LogP contribution in [0.4, 0.5) is 19.0 Å². The second-order valence-corrected chi connectivity index (χ2v) is 8.26. The van der Waals surface area contributed by atoms with Crippen LogP contribution in [-0.4, -0.2) is 45.6 Å². The molecule has 1 aromatic carbocycles. The van der Waals surface area contributed by atoms with E-state index in [0.717, 1.165) is 17.7 Å². The summed E-state index contributed by atoms with van der Waals surface area (Å²) in [6.07, 6.45) is -2.39. The van der Waals surface area contributed by atoms with Gasteiger partial charge in [0.2, 0.25) is 10.0 Å². The van der Waals surface area contributed by atoms with E-state index in [1.807, 2.05) is 0 Å². The lowest BCUT2D eigenvalue weighted by atomic mass is 10.1. The number of aromatic amines is 1. The zero-order valence-corrected chi connectivity index (χ0v) is 15.8. The fraction of sp³-hybridized carbons (Fsp3) is 0.389. The number of rotatable bonds is 6. The molecule has 2 aromatic rings. The highest BCUT2D eigenvalue weighted by Crippen LogP contribution is 2.29. The van der Waals surface area contributed by atoms with E-state index in [1.54, 1.807) is 6.07 Å². The number of anilines is 1. The molecule has 0 aliphatic carbocycles. The van der Waals surface area contributed by atoms with Crippen LogP contribution >= 0.6 is 0 Å². The molecule has 10 heteroatoms. The monoisotopic (exact) mass is 416 g/mol. The number of benzene rings is 1. The van der Waals surface area contributed by atoms with Crippen molar-refractivity contribution in [2.45, 2.75) is 17.5 Å². The third kappa shape index (κ3) is 5.00. The molecule has 0 amide bonds. The predicted molar refractivity (Wildman–Crippen MR) is 96.2 cm³/mol. The number of halogens is 3. The van der Waals surface area contributed by atoms with Gasteiger partial charge in [-0.2, -0.15) is 17.5 Å². The van der Waals surface area contributed by atoms with E-state index in [-0.39, 0.29) is 4.90 Å². The number of H-pyrrole nitrogens is 1. The molecule has 1 saturated heterocycles. The molecular formula is C18H21F3N3O3S+. The molecule has 0 spiro atoms. The van der Waals surface area contributed by atoms with Crippen LogP contribution in [0.2, 0.25) is 0 Å². The van der Waals surface area contributed by atoms with Crippen molar-refractivity contribution >= 4 is 15.8 Å². The largest absolute Gasteiger partial charge is 0.416 e. The Hall–Kier alpha value is -2.17. The Bertz CT molecular complexity index is 879. The number of alkyl halides is 3. The molecule has 0 radical (unpaired) electrons. The Labute approximate surface area is 161 Å². The maximum atomic E-state index is 12.6. The Morgan fingerprint density at radius 2 is 1.75 bits per heavy atom. The summed E-state index contributed by atoms with van der Waals surface area (Å²) in [5, 5.41) is 3.09. The summed E-state index contributed by atoms with van der Waals surface area (Å²) in [6, 6.07) is 8.17. The quantitative estimate of drug-likeness (QED) is 0.784. The van der Waals surface area contributed by atoms with Crippen LogP contribution in [0.3, 0.4) is 0 Å². The van der Waals surface area contributed by atoms with Crippen LogP contribution in [0.5, 0.6) is 0 Å². The highest BCUT2D eigenvalue weighted by atomic mass is 32.2. The van der Waals surface area contributed by atoms with Crippen molar-refractivity contribution in [1.82, 2.24) is 4.31 Å². The first-order valence-electron chi connectivity index (χ1n) is 8.76. The van der Waals surface area contributed by atoms with Crippen molar-refractivity contribution in [3.8, 4) is 0 Å². The standard InChI is InChI=1S/C18H20F3N3O3S/c19-18(20,21)15-3-1-14(2-4-15)7-8-22-17-6-5-16(13-23-17)28(25,26)24-9-11-27-12-10-24/h1-6,13H,7-12H2,(H,22,23)/p+1. The van der Waals surface area contributed by atoms with E-state index in [4.69, 9.17) is 4.74 Å². The van der Waals surface area contributed by atoms with Gasteiger partial charge < -0.3 is 4.74 Å². The molecule has 0 bridgehead atoms. The van der Waals surface area contributed by atoms with Crippen molar-refractivity contribution < 1.29 is 31.3 Å². The molecule has 1 aromatic heterocycles. The van der Waals surface area contributed by atoms with E-state index < -0.39 is 21.8 Å². The maximum absolute atomic E-state index is 12.6. The van der Waals surface area contributed by atoms with Gasteiger partial charge in [0.15, 0.2) is 0 Å². The number of pyridine rings is 1. The van der Waals surface area contributed by atoms with Crippen LogP contribution in [-0.2, 0) is 27.4 Å². The van der Waals surface area contributed by atoms with E-state index in [1.165, 1.54) is 28.7 Å². The number of aromatic nitrogens is 1. The lowest BCUT2D eigenvalue weighted by Crippen LogP contribution is -2.40. The highest BCUT2D eigenvalue weighted by Gasteiger charge is 2.30. The summed E-state index contributed by atoms with van der Waals surface area (Å²) in [5.74, 6) is 0.618. The van der Waals surface area contributed by atoms with Gasteiger partial charge in [0, 0.05) is 25.6 Å². The normalized spacial score (nSPS) is 16.1. The van der Waals surface area contributed by atoms with Gasteiger partial charge in [-0.05, 0) is 23.8 Å². The van der Waals surface area contributed by atoms with Gasteiger partial charge in [-0.1, -0.05) is 12.1 Å². The zero-order valence-electron chi connectivity index (χ0n) is 15.0. The highest BCUT2D eigenvalue weighted by molar-refractivity contribution is 7.89. The van der Waals surface area contributed by atoms with E-state index in [9.17, 15) is 21.6 Å². The number of sulfonamides is 1. The van der Waals surface area contributed by atoms with Gasteiger partial charge in [0.1, 0.15) is 11.1 Å². The Morgan fingerprint density at radius 3 is 2.32 bits per heavy atom. The first-order valence-corrected chi connectivity index (χ1v) is 10.2. The molecule has 0 saturated carbocycles. The number of ether oxygens (including phenoxy) is 1. The number of nitrogens with zero attached hydrogens (tertiary/aromatic N) is 1. The third-order valence-electron chi connectivity index (χ3n) is 4.40. The molecule has 1 fully saturated rings. The van der Waals surface area contributed by atoms with Crippen LogP contribution < -0.4 is 10.3 Å². The second kappa shape index (κ2) is 8.46. The van der Waals surface area contributed by atoms with Crippen molar-refractivity contribution in [2.24, 2.45) is 0 Å². The minimum absolute atomic E-state index is 0.169. The van der Waals surface area contributed by atoms with Crippen molar-refractivity contribution in [1.29, 1.82) is 0 Å². The van der Waals surface area contributed by atoms with Gasteiger partial charge in [0.25, 0.3) is 5.82 Å². The number of nitrogens with one attached hydrogen (secondary N) is 2. The fourth-order valence-electron chi connectivity index (χ4n) is 2.82. The van der Waals surface area contributed by atoms with Gasteiger partial charge in [0.05, 0.1) is 25.3 Å². The summed E-state index contributed by atoms with van der Waals surface area (Å²) in [7, 11) is -3.56. The summed E-state index contributed by atoms with van der Waals surface area (Å²) >= 11 is 0. The van der Waals surface area contributed by atoms with E-state index >= 15 is 0 Å². The molecule has 152 valence electrons. The molecular weight excluding hydrogens is 395 g/mol. The first-order chi connectivity index (χ1) is 13.3. The van der Waals surface area contributed by atoms with Crippen molar-refractivity contribution in [3.05, 3.63) is 53.7 Å². The summed E-state index contributed by atoms with van der Waals surface area (Å²) in [4.78, 5) is 3.07. The summed E-state index contributed by atoms with van der Waals surface area (Å²) in [6.45, 7) is 1.90. The minimum Gasteiger partial charge on any atom is -0.379 e. The average Bonchev–Trinajstić information content (AvgIpc) is 2.69. The van der Waals surface area contributed by atoms with Crippen LogP contribution in [0.1, 0.15) is 11.1 Å². The van der Waals surface area contributed by atoms with Crippen LogP contribution in [0, 0.1) is 0 Å². The van der Waals surface area contributed by atoms with Crippen LogP contribution in [0.15, 0.2) is 47.5 Å². The molecule has 0 atom stereocenters. The second-order valence-electron chi connectivity index (χ2n) is 6.33. The number of hydrogen-bond acceptors (Lipinski definition) is 4. The summed E-state index contributed by atoms with van der Waals surface area (Å²) < 4.78 is 69.3. The molecule has 1 aliphatic heterocycles. The predicted octanol–water partition coefficient (Wildman–Crippen LogP) is 2.20. The lowest BCUT2D eigenvalue weighted by molar-refractivity contribution is -0.364. The topological polar surface area (TPSA) is 72.8 Å². The first kappa shape index (κ1) is 20.6. The average molecular weight is 416 g/mol. The molecule has 2 heterocycles. The fourth-order valence-corrected chi connectivity index (χ4v) is 4.19. The minimum atomic E-state index is -4.34. The van der Waals surface area contributed by atoms with Crippen molar-refractivity contribution in [3.63, 3.8) is 0 Å². The molecule has 0 unspecified atom stereocenters. The van der Waals surface area contributed by atoms with Gasteiger partial charge in [-0.3, -0.25) is 5.32 Å². The maximum Gasteiger partial charge on any atom is 0.416 e. The zero-order chi connectivity index (χ0) is 20.2. The molecule has 28 heavy (non-hydrogen) atoms. The van der Waals surface area contributed by atoms with Crippen LogP contribution in [0.25, 0.3) is 0 Å². The Balaban J connectivity index is 1.54. The SMILES string of the molecule is O=S(=O)(c1ccc(NCCc2ccc(C(F)(F)F)cc2)[nH+]c1)N1CCOCC1. The molecule has 1 aliphatic rings. The lowest BCUT2D eigenvalue weighted by Gasteiger charge is -2.25. The Morgan fingerprint density at radius 1 is 1.07 bits per heavy atom. The van der Waals surface area contributed by atoms with E-state index in [0.29, 0.717) is 45.1 Å². The summed E-state index contributed by atoms with van der Waals surface area (Å²) in [5.41, 5.74) is 0.0987. The molecule has 2 N–H and O–H groups in total. The van der Waals surface area contributed by atoms with Gasteiger partial charge in [-0.25, -0.2) is 13.4 Å². The van der Waals surface area contributed by atoms with E-state index in [2.05, 4.69) is 10.3 Å². The molecule has 3 rings (SSSR count). The van der Waals surface area contributed by atoms with Crippen molar-refractivity contribution in [2.75, 3.05) is 38.2 Å². The van der Waals surface area contributed by atoms with Gasteiger partial charge in [-0.15, -0.1) is 0 Å². The smallest absolute Gasteiger partial charge is 0.379 e. The third-order valence-corrected chi connectivity index (χ3v) is 6.30. The molecule has 6 nitrogen and oxygen atoms in total.